The summed E-state index contributed by atoms with van der Waals surface area (Å²) in [6.45, 7) is -6.35. The van der Waals surface area contributed by atoms with E-state index in [9.17, 15) is 17.7 Å². The molecule has 0 aliphatic rings. The summed E-state index contributed by atoms with van der Waals surface area (Å²) in [6.07, 6.45) is 0.545. The lowest BCUT2D eigenvalue weighted by molar-refractivity contribution is 0.112. The van der Waals surface area contributed by atoms with Gasteiger partial charge in [-0.2, -0.15) is 0 Å². The fraction of sp³-hybridized carbons (Fsp3) is 0.125. The van der Waals surface area contributed by atoms with E-state index in [2.05, 4.69) is 4.74 Å². The van der Waals surface area contributed by atoms with Gasteiger partial charge in [0.05, 0.1) is 11.5 Å². The Morgan fingerprint density at radius 3 is 2.53 bits per heavy atom. The number of carbonyl (C=O) groups is 1. The van der Waals surface area contributed by atoms with Crippen molar-refractivity contribution >= 4 is 24.9 Å². The average Bonchev–Trinajstić information content (AvgIpc) is 2.14. The minimum Gasteiger partial charge on any atom is -0.520 e. The summed E-state index contributed by atoms with van der Waals surface area (Å²) >= 11 is 5.59. The molecule has 7 heteroatoms. The Bertz CT molecular complexity index is 367. The van der Waals surface area contributed by atoms with Crippen LogP contribution in [-0.4, -0.2) is 19.8 Å². The van der Waals surface area contributed by atoms with Gasteiger partial charge in [-0.25, -0.2) is 0 Å². The van der Waals surface area contributed by atoms with E-state index in [1.807, 2.05) is 0 Å². The molecule has 0 heterocycles. The quantitative estimate of drug-likeness (QED) is 0.594. The van der Waals surface area contributed by atoms with Crippen molar-refractivity contribution in [3.8, 4) is 5.75 Å². The molecule has 0 unspecified atom stereocenters. The first kappa shape index (κ1) is 11.9. The van der Waals surface area contributed by atoms with Gasteiger partial charge in [-0.3, -0.25) is 4.79 Å². The van der Waals surface area contributed by atoms with E-state index < -0.39 is 13.5 Å². The molecule has 82 valence electrons. The van der Waals surface area contributed by atoms with Gasteiger partial charge in [-0.05, 0) is 18.2 Å². The SMILES string of the molecule is O=Cc1ccc(OC[B-](F)(F)F)c(Cl)c1. The van der Waals surface area contributed by atoms with Gasteiger partial charge in [0, 0.05) is 5.56 Å². The zero-order chi connectivity index (χ0) is 11.5. The van der Waals surface area contributed by atoms with Crippen LogP contribution in [0.2, 0.25) is 5.02 Å². The Hall–Kier alpha value is -1.17. The number of aldehydes is 1. The van der Waals surface area contributed by atoms with Crippen molar-refractivity contribution in [1.29, 1.82) is 0 Å². The van der Waals surface area contributed by atoms with Gasteiger partial charge in [-0.15, -0.1) is 0 Å². The van der Waals surface area contributed by atoms with Gasteiger partial charge in [0.25, 0.3) is 0 Å². The second kappa shape index (κ2) is 4.57. The number of hydrogen-bond acceptors (Lipinski definition) is 2. The van der Waals surface area contributed by atoms with E-state index in [1.54, 1.807) is 0 Å². The first-order valence-electron chi connectivity index (χ1n) is 4.01. The largest absolute Gasteiger partial charge is 0.520 e. The van der Waals surface area contributed by atoms with E-state index >= 15 is 0 Å². The molecule has 0 atom stereocenters. The number of carbonyl (C=O) groups excluding carboxylic acids is 1. The zero-order valence-corrected chi connectivity index (χ0v) is 8.18. The summed E-state index contributed by atoms with van der Waals surface area (Å²) in [4.78, 5) is 10.3. The van der Waals surface area contributed by atoms with E-state index in [0.29, 0.717) is 6.29 Å². The molecule has 1 rings (SSSR count). The summed E-state index contributed by atoms with van der Waals surface area (Å²) in [7, 11) is 0. The zero-order valence-electron chi connectivity index (χ0n) is 7.42. The maximum Gasteiger partial charge on any atom is 0.515 e. The first-order valence-corrected chi connectivity index (χ1v) is 4.39. The lowest BCUT2D eigenvalue weighted by atomic mass is 9.95. The summed E-state index contributed by atoms with van der Waals surface area (Å²) < 4.78 is 40.0. The molecule has 0 amide bonds. The van der Waals surface area contributed by atoms with Crippen molar-refractivity contribution in [3.63, 3.8) is 0 Å². The number of benzene rings is 1. The molecule has 0 radical (unpaired) electrons. The van der Waals surface area contributed by atoms with Crippen molar-refractivity contribution < 1.29 is 22.5 Å². The minimum absolute atomic E-state index is 0.0142. The maximum atomic E-state index is 11.9. The molecule has 0 spiro atoms. The molecule has 0 N–H and O–H groups in total. The standard InChI is InChI=1S/C8H6BClF3O2/c10-7-3-6(4-14)1-2-8(7)15-5-9(11,12)13/h1-4H,5H2/q-1. The molecule has 0 saturated heterocycles. The van der Waals surface area contributed by atoms with Crippen LogP contribution >= 0.6 is 11.6 Å². The molecule has 0 aromatic heterocycles. The Kier molecular flexibility index (Phi) is 3.63. The fourth-order valence-corrected chi connectivity index (χ4v) is 1.14. The summed E-state index contributed by atoms with van der Waals surface area (Å²) in [5.41, 5.74) is 0.282. The van der Waals surface area contributed by atoms with Crippen LogP contribution in [0, 0.1) is 0 Å². The Morgan fingerprint density at radius 2 is 2.07 bits per heavy atom. The molecule has 2 nitrogen and oxygen atoms in total. The highest BCUT2D eigenvalue weighted by atomic mass is 35.5. The van der Waals surface area contributed by atoms with Crippen LogP contribution in [0.25, 0.3) is 0 Å². The van der Waals surface area contributed by atoms with Crippen LogP contribution < -0.4 is 4.74 Å². The monoisotopic (exact) mass is 237 g/mol. The minimum atomic E-state index is -5.01. The molecule has 0 fully saturated rings. The van der Waals surface area contributed by atoms with Gasteiger partial charge in [-0.1, -0.05) is 11.6 Å². The molecular weight excluding hydrogens is 231 g/mol. The lowest BCUT2D eigenvalue weighted by Gasteiger charge is -2.15. The Labute approximate surface area is 89.0 Å². The second-order valence-corrected chi connectivity index (χ2v) is 3.24. The number of hydrogen-bond donors (Lipinski definition) is 0. The molecule has 1 aromatic rings. The topological polar surface area (TPSA) is 26.3 Å². The summed E-state index contributed by atoms with van der Waals surface area (Å²) in [5, 5.41) is -0.0142. The van der Waals surface area contributed by atoms with Gasteiger partial charge in [0.1, 0.15) is 12.0 Å². The second-order valence-electron chi connectivity index (χ2n) is 2.83. The smallest absolute Gasteiger partial charge is 0.515 e. The fourth-order valence-electron chi connectivity index (χ4n) is 0.892. The van der Waals surface area contributed by atoms with Crippen LogP contribution in [-0.2, 0) is 0 Å². The molecule has 1 aromatic carbocycles. The molecule has 0 saturated carbocycles. The predicted molar refractivity (Wildman–Crippen MR) is 51.4 cm³/mol. The normalized spacial score (nSPS) is 11.2. The van der Waals surface area contributed by atoms with Crippen LogP contribution in [0.4, 0.5) is 12.9 Å². The first-order chi connectivity index (χ1) is 6.92. The molecular formula is C8H6BClF3O2-. The lowest BCUT2D eigenvalue weighted by Crippen LogP contribution is -2.26. The van der Waals surface area contributed by atoms with Gasteiger partial charge < -0.3 is 17.7 Å². The van der Waals surface area contributed by atoms with E-state index in [0.717, 1.165) is 0 Å². The van der Waals surface area contributed by atoms with Crippen LogP contribution in [0.15, 0.2) is 18.2 Å². The highest BCUT2D eigenvalue weighted by molar-refractivity contribution is 6.58. The predicted octanol–water partition coefficient (Wildman–Crippen LogP) is 2.92. The molecule has 0 bridgehead atoms. The van der Waals surface area contributed by atoms with Crippen LogP contribution in [0.5, 0.6) is 5.75 Å². The van der Waals surface area contributed by atoms with Crippen molar-refractivity contribution in [2.75, 3.05) is 6.51 Å². The van der Waals surface area contributed by atoms with Crippen molar-refractivity contribution in [2.24, 2.45) is 0 Å². The maximum absolute atomic E-state index is 11.9. The highest BCUT2D eigenvalue weighted by Gasteiger charge is 2.24. The molecule has 15 heavy (non-hydrogen) atoms. The van der Waals surface area contributed by atoms with Crippen molar-refractivity contribution in [2.45, 2.75) is 0 Å². The third-order valence-corrected chi connectivity index (χ3v) is 1.82. The number of halogens is 4. The molecule has 0 aliphatic heterocycles. The Morgan fingerprint density at radius 1 is 1.40 bits per heavy atom. The third-order valence-electron chi connectivity index (χ3n) is 1.52. The van der Waals surface area contributed by atoms with Gasteiger partial charge >= 0.3 is 6.98 Å². The van der Waals surface area contributed by atoms with E-state index in [1.165, 1.54) is 18.2 Å². The Balaban J connectivity index is 2.74. The van der Waals surface area contributed by atoms with Crippen molar-refractivity contribution in [3.05, 3.63) is 28.8 Å². The summed E-state index contributed by atoms with van der Waals surface area (Å²) in [6, 6.07) is 3.80. The van der Waals surface area contributed by atoms with Crippen LogP contribution in [0.3, 0.4) is 0 Å². The molecule has 0 aliphatic carbocycles. The van der Waals surface area contributed by atoms with Gasteiger partial charge in [0.15, 0.2) is 0 Å². The van der Waals surface area contributed by atoms with E-state index in [4.69, 9.17) is 11.6 Å². The summed E-state index contributed by atoms with van der Waals surface area (Å²) in [5.74, 6) is -0.0820. The number of ether oxygens (including phenoxy) is 1. The number of rotatable bonds is 4. The average molecular weight is 237 g/mol. The van der Waals surface area contributed by atoms with Crippen molar-refractivity contribution in [1.82, 2.24) is 0 Å². The van der Waals surface area contributed by atoms with Gasteiger partial charge in [0.2, 0.25) is 0 Å². The van der Waals surface area contributed by atoms with E-state index in [-0.39, 0.29) is 16.3 Å². The highest BCUT2D eigenvalue weighted by Crippen LogP contribution is 2.26. The van der Waals surface area contributed by atoms with Crippen LogP contribution in [0.1, 0.15) is 10.4 Å². The third kappa shape index (κ3) is 3.83.